The highest BCUT2D eigenvalue weighted by atomic mass is 16.1. The minimum Gasteiger partial charge on any atom is -0.397 e. The zero-order valence-corrected chi connectivity index (χ0v) is 7.81. The molecule has 1 aliphatic rings. The van der Waals surface area contributed by atoms with E-state index in [-0.39, 0.29) is 11.7 Å². The van der Waals surface area contributed by atoms with E-state index >= 15 is 0 Å². The molecule has 0 spiro atoms. The number of allylic oxidation sites excluding steroid dienone is 1. The van der Waals surface area contributed by atoms with Crippen LogP contribution in [-0.2, 0) is 4.79 Å². The van der Waals surface area contributed by atoms with Gasteiger partial charge in [0.05, 0.1) is 11.4 Å². The van der Waals surface area contributed by atoms with Crippen molar-refractivity contribution in [2.75, 3.05) is 0 Å². The molecule has 1 heterocycles. The van der Waals surface area contributed by atoms with Crippen molar-refractivity contribution >= 4 is 11.5 Å². The summed E-state index contributed by atoms with van der Waals surface area (Å²) in [6, 6.07) is 5.47. The van der Waals surface area contributed by atoms with Gasteiger partial charge in [-0.05, 0) is 25.0 Å². The van der Waals surface area contributed by atoms with Gasteiger partial charge in [-0.1, -0.05) is 6.07 Å². The van der Waals surface area contributed by atoms with Crippen molar-refractivity contribution in [3.8, 4) is 0 Å². The monoisotopic (exact) mass is 188 g/mol. The van der Waals surface area contributed by atoms with Crippen molar-refractivity contribution < 1.29 is 4.79 Å². The summed E-state index contributed by atoms with van der Waals surface area (Å²) in [4.78, 5) is 15.5. The van der Waals surface area contributed by atoms with Crippen molar-refractivity contribution in [2.45, 2.75) is 12.8 Å². The lowest BCUT2D eigenvalue weighted by molar-refractivity contribution is -0.115. The maximum absolute atomic E-state index is 11.4. The van der Waals surface area contributed by atoms with Crippen molar-refractivity contribution in [1.29, 1.82) is 0 Å². The Balaban J connectivity index is 2.14. The van der Waals surface area contributed by atoms with Gasteiger partial charge in [0.15, 0.2) is 5.78 Å². The Morgan fingerprint density at radius 2 is 2.29 bits per heavy atom. The maximum atomic E-state index is 11.4. The smallest absolute Gasteiger partial charge is 0.160 e. The molecular formula is C11H12N2O. The summed E-state index contributed by atoms with van der Waals surface area (Å²) in [6.07, 6.45) is 5.17. The molecule has 72 valence electrons. The number of nitrogens with two attached hydrogens (primary N) is 1. The third-order valence-electron chi connectivity index (χ3n) is 2.24. The van der Waals surface area contributed by atoms with Crippen LogP contribution >= 0.6 is 0 Å². The van der Waals surface area contributed by atoms with Crippen LogP contribution < -0.4 is 5.73 Å². The highest BCUT2D eigenvalue weighted by Crippen LogP contribution is 2.30. The van der Waals surface area contributed by atoms with E-state index in [1.54, 1.807) is 12.3 Å². The van der Waals surface area contributed by atoms with Crippen LogP contribution in [0.5, 0.6) is 0 Å². The molecule has 0 bridgehead atoms. The van der Waals surface area contributed by atoms with E-state index in [9.17, 15) is 4.79 Å². The van der Waals surface area contributed by atoms with Gasteiger partial charge in [0.25, 0.3) is 0 Å². The van der Waals surface area contributed by atoms with E-state index in [0.29, 0.717) is 11.4 Å². The van der Waals surface area contributed by atoms with Gasteiger partial charge in [-0.15, -0.1) is 0 Å². The van der Waals surface area contributed by atoms with Crippen molar-refractivity contribution in [1.82, 2.24) is 4.98 Å². The molecule has 0 unspecified atom stereocenters. The SMILES string of the molecule is NC(=CC(=O)C1CC1)c1ccccn1. The third kappa shape index (κ3) is 1.99. The topological polar surface area (TPSA) is 56.0 Å². The van der Waals surface area contributed by atoms with Gasteiger partial charge in [0.1, 0.15) is 0 Å². The van der Waals surface area contributed by atoms with E-state index in [1.165, 1.54) is 6.08 Å². The first-order valence-electron chi connectivity index (χ1n) is 4.70. The Morgan fingerprint density at radius 1 is 1.50 bits per heavy atom. The van der Waals surface area contributed by atoms with Crippen LogP contribution in [0.3, 0.4) is 0 Å². The zero-order chi connectivity index (χ0) is 9.97. The molecule has 1 aromatic rings. The fourth-order valence-corrected chi connectivity index (χ4v) is 1.25. The molecule has 0 atom stereocenters. The molecule has 3 nitrogen and oxygen atoms in total. The van der Waals surface area contributed by atoms with E-state index in [4.69, 9.17) is 5.73 Å². The maximum Gasteiger partial charge on any atom is 0.160 e. The number of carbonyl (C=O) groups excluding carboxylic acids is 1. The van der Waals surface area contributed by atoms with Crippen molar-refractivity contribution in [2.24, 2.45) is 11.7 Å². The number of ketones is 1. The van der Waals surface area contributed by atoms with Crippen LogP contribution in [0.4, 0.5) is 0 Å². The molecule has 1 saturated carbocycles. The molecule has 2 rings (SSSR count). The summed E-state index contributed by atoms with van der Waals surface area (Å²) < 4.78 is 0. The number of pyridine rings is 1. The molecule has 2 N–H and O–H groups in total. The number of rotatable bonds is 3. The summed E-state index contributed by atoms with van der Waals surface area (Å²) in [7, 11) is 0. The van der Waals surface area contributed by atoms with Crippen LogP contribution in [0.15, 0.2) is 30.5 Å². The van der Waals surface area contributed by atoms with Gasteiger partial charge in [0, 0.05) is 18.2 Å². The second kappa shape index (κ2) is 3.62. The molecular weight excluding hydrogens is 176 g/mol. The lowest BCUT2D eigenvalue weighted by Crippen LogP contribution is -2.04. The average Bonchev–Trinajstić information content (AvgIpc) is 3.02. The second-order valence-electron chi connectivity index (χ2n) is 3.49. The van der Waals surface area contributed by atoms with Gasteiger partial charge in [-0.3, -0.25) is 9.78 Å². The molecule has 0 amide bonds. The largest absolute Gasteiger partial charge is 0.397 e. The standard InChI is InChI=1S/C11H12N2O/c12-9(7-11(14)8-4-5-8)10-3-1-2-6-13-10/h1-3,6-8H,4-5,12H2. The molecule has 1 aliphatic carbocycles. The quantitative estimate of drug-likeness (QED) is 0.728. The van der Waals surface area contributed by atoms with Gasteiger partial charge < -0.3 is 5.73 Å². The van der Waals surface area contributed by atoms with E-state index in [1.807, 2.05) is 12.1 Å². The molecule has 1 aromatic heterocycles. The number of aromatic nitrogens is 1. The lowest BCUT2D eigenvalue weighted by Gasteiger charge is -1.98. The summed E-state index contributed by atoms with van der Waals surface area (Å²) in [5.41, 5.74) is 6.87. The number of hydrogen-bond donors (Lipinski definition) is 1. The highest BCUT2D eigenvalue weighted by Gasteiger charge is 2.28. The highest BCUT2D eigenvalue weighted by molar-refractivity contribution is 5.98. The van der Waals surface area contributed by atoms with Gasteiger partial charge in [0.2, 0.25) is 0 Å². The van der Waals surface area contributed by atoms with Crippen LogP contribution in [0.2, 0.25) is 0 Å². The molecule has 3 heteroatoms. The number of nitrogens with zero attached hydrogens (tertiary/aromatic N) is 1. The number of hydrogen-bond acceptors (Lipinski definition) is 3. The van der Waals surface area contributed by atoms with Crippen LogP contribution in [0, 0.1) is 5.92 Å². The van der Waals surface area contributed by atoms with E-state index < -0.39 is 0 Å². The predicted octanol–water partition coefficient (Wildman–Crippen LogP) is 1.36. The Labute approximate surface area is 82.6 Å². The Bertz CT molecular complexity index is 366. The molecule has 0 saturated heterocycles. The minimum absolute atomic E-state index is 0.133. The van der Waals surface area contributed by atoms with Crippen molar-refractivity contribution in [3.05, 3.63) is 36.2 Å². The van der Waals surface area contributed by atoms with E-state index in [0.717, 1.165) is 12.8 Å². The Morgan fingerprint density at radius 3 is 2.86 bits per heavy atom. The molecule has 14 heavy (non-hydrogen) atoms. The fraction of sp³-hybridized carbons (Fsp3) is 0.273. The fourth-order valence-electron chi connectivity index (χ4n) is 1.25. The second-order valence-corrected chi connectivity index (χ2v) is 3.49. The molecule has 1 fully saturated rings. The Kier molecular flexibility index (Phi) is 2.31. The normalized spacial score (nSPS) is 16.7. The van der Waals surface area contributed by atoms with Crippen LogP contribution in [0.25, 0.3) is 5.70 Å². The van der Waals surface area contributed by atoms with Crippen molar-refractivity contribution in [3.63, 3.8) is 0 Å². The van der Waals surface area contributed by atoms with E-state index in [2.05, 4.69) is 4.98 Å². The lowest BCUT2D eigenvalue weighted by atomic mass is 10.2. The predicted molar refractivity (Wildman–Crippen MR) is 54.1 cm³/mol. The Hall–Kier alpha value is -1.64. The first-order chi connectivity index (χ1) is 6.77. The molecule has 0 aromatic carbocycles. The molecule has 0 aliphatic heterocycles. The average molecular weight is 188 g/mol. The van der Waals surface area contributed by atoms with Gasteiger partial charge in [-0.2, -0.15) is 0 Å². The van der Waals surface area contributed by atoms with Crippen LogP contribution in [-0.4, -0.2) is 10.8 Å². The summed E-state index contributed by atoms with van der Waals surface area (Å²) in [6.45, 7) is 0. The summed E-state index contributed by atoms with van der Waals surface area (Å²) >= 11 is 0. The first-order valence-corrected chi connectivity index (χ1v) is 4.70. The van der Waals surface area contributed by atoms with Gasteiger partial charge >= 0.3 is 0 Å². The summed E-state index contributed by atoms with van der Waals surface area (Å²) in [5.74, 6) is 0.352. The number of carbonyl (C=O) groups is 1. The zero-order valence-electron chi connectivity index (χ0n) is 7.81. The van der Waals surface area contributed by atoms with Crippen LogP contribution in [0.1, 0.15) is 18.5 Å². The summed E-state index contributed by atoms with van der Waals surface area (Å²) in [5, 5.41) is 0. The van der Waals surface area contributed by atoms with Gasteiger partial charge in [-0.25, -0.2) is 0 Å². The first kappa shape index (κ1) is 8.94. The molecule has 0 radical (unpaired) electrons. The third-order valence-corrected chi connectivity index (χ3v) is 2.24. The minimum atomic E-state index is 0.133.